The molecule has 0 radical (unpaired) electrons. The Balaban J connectivity index is 1.35. The van der Waals surface area contributed by atoms with Crippen molar-refractivity contribution in [2.75, 3.05) is 0 Å². The topological polar surface area (TPSA) is 0 Å². The van der Waals surface area contributed by atoms with Gasteiger partial charge < -0.3 is 0 Å². The van der Waals surface area contributed by atoms with Gasteiger partial charge in [-0.2, -0.15) is 0 Å². The normalized spacial score (nSPS) is 13.5. The monoisotopic (exact) mass is 684 g/mol. The Labute approximate surface area is 307 Å². The molecule has 10 rings (SSSR count). The summed E-state index contributed by atoms with van der Waals surface area (Å²) < 4.78 is 0. The standard InChI is InChI=1S/C49H32S2/c1-5-13-33(14-6-1)37-21-25-45-41(29-37)49(42-30-38(22-26-46(42)50-45)34-15-7-2-8-16-34)43-31-39(35-17-9-3-10-18-35)23-27-47(43)51-48-28-24-40(32-44(48)49)36-19-11-4-12-20-36/h1-32H. The summed E-state index contributed by atoms with van der Waals surface area (Å²) in [6, 6.07) is 72.0. The lowest BCUT2D eigenvalue weighted by atomic mass is 9.63. The molecule has 2 aliphatic heterocycles. The van der Waals surface area contributed by atoms with Crippen molar-refractivity contribution in [3.63, 3.8) is 0 Å². The molecule has 2 heterocycles. The lowest BCUT2D eigenvalue weighted by Crippen LogP contribution is -2.37. The summed E-state index contributed by atoms with van der Waals surface area (Å²) in [7, 11) is 0. The maximum Gasteiger partial charge on any atom is 0.0746 e. The van der Waals surface area contributed by atoms with Crippen molar-refractivity contribution in [2.24, 2.45) is 0 Å². The summed E-state index contributed by atoms with van der Waals surface area (Å²) in [4.78, 5) is 5.20. The average molecular weight is 685 g/mol. The van der Waals surface area contributed by atoms with Crippen LogP contribution >= 0.6 is 23.5 Å². The van der Waals surface area contributed by atoms with Gasteiger partial charge in [0.1, 0.15) is 0 Å². The fourth-order valence-corrected chi connectivity index (χ4v) is 10.3. The Morgan fingerprint density at radius 1 is 0.235 bits per heavy atom. The van der Waals surface area contributed by atoms with Gasteiger partial charge in [-0.05, 0) is 115 Å². The quantitative estimate of drug-likeness (QED) is 0.181. The first-order chi connectivity index (χ1) is 25.3. The highest BCUT2D eigenvalue weighted by Gasteiger charge is 2.49. The van der Waals surface area contributed by atoms with E-state index in [0.717, 1.165) is 0 Å². The third-order valence-electron chi connectivity index (χ3n) is 10.4. The molecule has 0 N–H and O–H groups in total. The van der Waals surface area contributed by atoms with E-state index in [4.69, 9.17) is 0 Å². The van der Waals surface area contributed by atoms with E-state index in [1.54, 1.807) is 0 Å². The molecule has 0 bridgehead atoms. The van der Waals surface area contributed by atoms with Crippen LogP contribution in [-0.2, 0) is 5.41 Å². The van der Waals surface area contributed by atoms with Gasteiger partial charge in [0.25, 0.3) is 0 Å². The molecule has 0 atom stereocenters. The predicted molar refractivity (Wildman–Crippen MR) is 215 cm³/mol. The molecule has 8 aromatic carbocycles. The summed E-state index contributed by atoms with van der Waals surface area (Å²) in [5, 5.41) is 0. The molecule has 0 amide bonds. The van der Waals surface area contributed by atoms with Crippen LogP contribution in [0.5, 0.6) is 0 Å². The summed E-state index contributed by atoms with van der Waals surface area (Å²) >= 11 is 3.80. The maximum atomic E-state index is 2.49. The van der Waals surface area contributed by atoms with E-state index >= 15 is 0 Å². The molecule has 0 nitrogen and oxygen atoms in total. The van der Waals surface area contributed by atoms with Crippen molar-refractivity contribution < 1.29 is 0 Å². The highest BCUT2D eigenvalue weighted by Crippen LogP contribution is 2.63. The molecule has 0 fully saturated rings. The van der Waals surface area contributed by atoms with E-state index in [-0.39, 0.29) is 0 Å². The van der Waals surface area contributed by atoms with Gasteiger partial charge in [0.05, 0.1) is 5.41 Å². The first kappa shape index (κ1) is 30.3. The predicted octanol–water partition coefficient (Wildman–Crippen LogP) is 13.7. The van der Waals surface area contributed by atoms with Gasteiger partial charge >= 0.3 is 0 Å². The second kappa shape index (κ2) is 12.3. The molecule has 0 saturated heterocycles. The molecule has 2 heteroatoms. The van der Waals surface area contributed by atoms with Gasteiger partial charge in [-0.3, -0.25) is 0 Å². The van der Waals surface area contributed by atoms with E-state index in [1.807, 2.05) is 23.5 Å². The molecular formula is C49H32S2. The highest BCUT2D eigenvalue weighted by molar-refractivity contribution is 8.00. The van der Waals surface area contributed by atoms with Gasteiger partial charge in [0.2, 0.25) is 0 Å². The molecule has 51 heavy (non-hydrogen) atoms. The summed E-state index contributed by atoms with van der Waals surface area (Å²) in [6.45, 7) is 0. The largest absolute Gasteiger partial charge is 0.0894 e. The molecule has 240 valence electrons. The molecule has 8 aromatic rings. The number of fused-ring (bicyclic) bond motifs is 8. The third kappa shape index (κ3) is 5.01. The summed E-state index contributed by atoms with van der Waals surface area (Å²) in [5.41, 5.74) is 14.6. The van der Waals surface area contributed by atoms with E-state index in [0.29, 0.717) is 0 Å². The van der Waals surface area contributed by atoms with Gasteiger partial charge in [-0.15, -0.1) is 0 Å². The number of hydrogen-bond acceptors (Lipinski definition) is 2. The van der Waals surface area contributed by atoms with E-state index in [9.17, 15) is 0 Å². The number of benzene rings is 8. The molecule has 2 aliphatic rings. The van der Waals surface area contributed by atoms with Crippen molar-refractivity contribution in [3.05, 3.63) is 216 Å². The SMILES string of the molecule is c1ccc(-c2ccc3c(c2)C2(c4cc(-c5ccccc5)ccc4S3)c3cc(-c4ccccc4)ccc3Sc3ccc(-c4ccccc4)cc32)cc1. The van der Waals surface area contributed by atoms with Crippen LogP contribution in [0, 0.1) is 0 Å². The molecule has 0 aromatic heterocycles. The molecule has 0 aliphatic carbocycles. The molecule has 1 spiro atoms. The minimum absolute atomic E-state index is 0.572. The van der Waals surface area contributed by atoms with Crippen molar-refractivity contribution in [3.8, 4) is 44.5 Å². The zero-order valence-corrected chi connectivity index (χ0v) is 29.4. The average Bonchev–Trinajstić information content (AvgIpc) is 3.21. The summed E-state index contributed by atoms with van der Waals surface area (Å²) in [5.74, 6) is 0. The maximum absolute atomic E-state index is 2.49. The minimum Gasteiger partial charge on any atom is -0.0894 e. The Morgan fingerprint density at radius 2 is 0.471 bits per heavy atom. The van der Waals surface area contributed by atoms with Gasteiger partial charge in [-0.25, -0.2) is 0 Å². The van der Waals surface area contributed by atoms with Crippen molar-refractivity contribution in [2.45, 2.75) is 25.0 Å². The first-order valence-corrected chi connectivity index (χ1v) is 19.0. The van der Waals surface area contributed by atoms with E-state index < -0.39 is 5.41 Å². The van der Waals surface area contributed by atoms with Crippen LogP contribution < -0.4 is 0 Å². The zero-order valence-electron chi connectivity index (χ0n) is 27.8. The lowest BCUT2D eigenvalue weighted by molar-refractivity contribution is 0.668. The highest BCUT2D eigenvalue weighted by atomic mass is 32.2. The smallest absolute Gasteiger partial charge is 0.0746 e. The van der Waals surface area contributed by atoms with Crippen molar-refractivity contribution in [1.82, 2.24) is 0 Å². The van der Waals surface area contributed by atoms with Gasteiger partial charge in [0, 0.05) is 19.6 Å². The zero-order chi connectivity index (χ0) is 33.8. The van der Waals surface area contributed by atoms with Gasteiger partial charge in [-0.1, -0.05) is 169 Å². The van der Waals surface area contributed by atoms with E-state index in [2.05, 4.69) is 194 Å². The Bertz CT molecular complexity index is 2190. The Kier molecular flexibility index (Phi) is 7.34. The van der Waals surface area contributed by atoms with Crippen molar-refractivity contribution >= 4 is 23.5 Å². The van der Waals surface area contributed by atoms with Crippen LogP contribution in [0.25, 0.3) is 44.5 Å². The summed E-state index contributed by atoms with van der Waals surface area (Å²) in [6.07, 6.45) is 0. The minimum atomic E-state index is -0.572. The fraction of sp³-hybridized carbons (Fsp3) is 0.0204. The van der Waals surface area contributed by atoms with Crippen LogP contribution in [0.15, 0.2) is 214 Å². The first-order valence-electron chi connectivity index (χ1n) is 17.4. The molecule has 0 unspecified atom stereocenters. The van der Waals surface area contributed by atoms with Crippen LogP contribution in [0.3, 0.4) is 0 Å². The second-order valence-corrected chi connectivity index (χ2v) is 15.4. The second-order valence-electron chi connectivity index (χ2n) is 13.3. The third-order valence-corrected chi connectivity index (χ3v) is 12.7. The Morgan fingerprint density at radius 3 is 0.706 bits per heavy atom. The van der Waals surface area contributed by atoms with E-state index in [1.165, 1.54) is 86.3 Å². The van der Waals surface area contributed by atoms with Crippen LogP contribution in [0.2, 0.25) is 0 Å². The molecular weight excluding hydrogens is 653 g/mol. The van der Waals surface area contributed by atoms with Crippen LogP contribution in [0.4, 0.5) is 0 Å². The van der Waals surface area contributed by atoms with Crippen molar-refractivity contribution in [1.29, 1.82) is 0 Å². The van der Waals surface area contributed by atoms with Crippen LogP contribution in [0.1, 0.15) is 22.3 Å². The number of rotatable bonds is 4. The van der Waals surface area contributed by atoms with Gasteiger partial charge in [0.15, 0.2) is 0 Å². The lowest BCUT2D eigenvalue weighted by Gasteiger charge is -2.46. The Hall–Kier alpha value is -5.54. The number of hydrogen-bond donors (Lipinski definition) is 0. The van der Waals surface area contributed by atoms with Crippen LogP contribution in [-0.4, -0.2) is 0 Å². The fourth-order valence-electron chi connectivity index (χ4n) is 8.00. The molecule has 0 saturated carbocycles.